The highest BCUT2D eigenvalue weighted by Crippen LogP contribution is 2.18. The summed E-state index contributed by atoms with van der Waals surface area (Å²) in [5.74, 6) is -0.291. The third kappa shape index (κ3) is 1.93. The summed E-state index contributed by atoms with van der Waals surface area (Å²) in [6.45, 7) is 0.599. The molecule has 0 saturated heterocycles. The van der Waals surface area contributed by atoms with Crippen molar-refractivity contribution < 1.29 is 4.79 Å². The summed E-state index contributed by atoms with van der Waals surface area (Å²) in [6, 6.07) is 7.72. The highest BCUT2D eigenvalue weighted by Gasteiger charge is 2.02. The molecule has 2 rings (SSSR count). The Morgan fingerprint density at radius 1 is 1.33 bits per heavy atom. The van der Waals surface area contributed by atoms with E-state index in [4.69, 9.17) is 11.5 Å². The molecule has 0 bridgehead atoms. The predicted molar refractivity (Wildman–Crippen MR) is 60.2 cm³/mol. The number of aromatic nitrogens is 1. The van der Waals surface area contributed by atoms with Gasteiger partial charge < -0.3 is 16.0 Å². The van der Waals surface area contributed by atoms with Crippen molar-refractivity contribution in [2.75, 3.05) is 5.73 Å². The second kappa shape index (κ2) is 3.65. The van der Waals surface area contributed by atoms with Crippen LogP contribution in [0.25, 0.3) is 10.9 Å². The van der Waals surface area contributed by atoms with Crippen LogP contribution in [-0.4, -0.2) is 10.5 Å². The lowest BCUT2D eigenvalue weighted by atomic mass is 10.2. The molecule has 4 N–H and O–H groups in total. The fraction of sp³-hybridized carbons (Fsp3) is 0.182. The number of anilines is 1. The molecule has 0 radical (unpaired) electrons. The van der Waals surface area contributed by atoms with Crippen LogP contribution in [0.4, 0.5) is 5.69 Å². The van der Waals surface area contributed by atoms with Crippen molar-refractivity contribution in [3.63, 3.8) is 0 Å². The van der Waals surface area contributed by atoms with Crippen LogP contribution in [0.5, 0.6) is 0 Å². The monoisotopic (exact) mass is 203 g/mol. The van der Waals surface area contributed by atoms with Crippen LogP contribution in [0.2, 0.25) is 0 Å². The molecule has 0 aliphatic heterocycles. The Morgan fingerprint density at radius 2 is 2.13 bits per heavy atom. The van der Waals surface area contributed by atoms with Gasteiger partial charge in [0.25, 0.3) is 0 Å². The molecule has 0 saturated carbocycles. The molecule has 0 atom stereocenters. The molecule has 1 aromatic heterocycles. The molecular weight excluding hydrogens is 190 g/mol. The van der Waals surface area contributed by atoms with E-state index in [1.165, 1.54) is 0 Å². The minimum absolute atomic E-state index is 0.291. The van der Waals surface area contributed by atoms with Gasteiger partial charge in [-0.05, 0) is 23.6 Å². The van der Waals surface area contributed by atoms with Crippen LogP contribution in [0.15, 0.2) is 30.5 Å². The van der Waals surface area contributed by atoms with Gasteiger partial charge in [0.15, 0.2) is 0 Å². The van der Waals surface area contributed by atoms with Gasteiger partial charge in [-0.15, -0.1) is 0 Å². The average molecular weight is 203 g/mol. The molecule has 78 valence electrons. The van der Waals surface area contributed by atoms with Crippen molar-refractivity contribution in [2.45, 2.75) is 13.0 Å². The van der Waals surface area contributed by atoms with Gasteiger partial charge in [-0.25, -0.2) is 0 Å². The fourth-order valence-corrected chi connectivity index (χ4v) is 1.63. The molecule has 1 aromatic carbocycles. The largest absolute Gasteiger partial charge is 0.399 e. The Bertz CT molecular complexity index is 502. The van der Waals surface area contributed by atoms with Gasteiger partial charge in [0.2, 0.25) is 5.91 Å². The molecule has 4 heteroatoms. The van der Waals surface area contributed by atoms with E-state index in [0.717, 1.165) is 16.6 Å². The molecule has 0 spiro atoms. The number of carbonyl (C=O) groups excluding carboxylic acids is 1. The maximum Gasteiger partial charge on any atom is 0.219 e. The highest BCUT2D eigenvalue weighted by atomic mass is 16.1. The Kier molecular flexibility index (Phi) is 2.33. The van der Waals surface area contributed by atoms with Crippen LogP contribution >= 0.6 is 0 Å². The van der Waals surface area contributed by atoms with Crippen molar-refractivity contribution in [3.8, 4) is 0 Å². The number of rotatable bonds is 3. The van der Waals surface area contributed by atoms with Gasteiger partial charge in [0, 0.05) is 24.8 Å². The Hall–Kier alpha value is -1.97. The lowest BCUT2D eigenvalue weighted by molar-refractivity contribution is -0.118. The molecule has 0 aliphatic rings. The number of amides is 1. The van der Waals surface area contributed by atoms with E-state index < -0.39 is 0 Å². The molecular formula is C11H13N3O. The molecule has 1 amide bonds. The number of primary amides is 1. The van der Waals surface area contributed by atoms with Crippen LogP contribution in [0, 0.1) is 0 Å². The van der Waals surface area contributed by atoms with E-state index >= 15 is 0 Å². The summed E-state index contributed by atoms with van der Waals surface area (Å²) < 4.78 is 1.98. The van der Waals surface area contributed by atoms with Gasteiger partial charge in [0.05, 0.1) is 5.52 Å². The van der Waals surface area contributed by atoms with Crippen LogP contribution < -0.4 is 11.5 Å². The van der Waals surface area contributed by atoms with Gasteiger partial charge in [-0.3, -0.25) is 4.79 Å². The normalized spacial score (nSPS) is 10.7. The third-order valence-corrected chi connectivity index (χ3v) is 2.40. The molecule has 15 heavy (non-hydrogen) atoms. The number of aryl methyl sites for hydroxylation is 1. The number of benzene rings is 1. The summed E-state index contributed by atoms with van der Waals surface area (Å²) in [4.78, 5) is 10.7. The Labute approximate surface area is 87.5 Å². The second-order valence-corrected chi connectivity index (χ2v) is 3.54. The van der Waals surface area contributed by atoms with E-state index in [-0.39, 0.29) is 5.91 Å². The number of nitrogens with two attached hydrogens (primary N) is 2. The molecule has 1 heterocycles. The number of carbonyl (C=O) groups is 1. The zero-order valence-electron chi connectivity index (χ0n) is 8.31. The second-order valence-electron chi connectivity index (χ2n) is 3.54. The van der Waals surface area contributed by atoms with Crippen molar-refractivity contribution in [1.29, 1.82) is 0 Å². The number of nitrogen functional groups attached to an aromatic ring is 1. The summed E-state index contributed by atoms with van der Waals surface area (Å²) in [5, 5.41) is 1.12. The van der Waals surface area contributed by atoms with E-state index in [1.54, 1.807) is 0 Å². The molecule has 0 aliphatic carbocycles. The first-order valence-electron chi connectivity index (χ1n) is 4.79. The quantitative estimate of drug-likeness (QED) is 0.733. The lowest BCUT2D eigenvalue weighted by Gasteiger charge is -2.03. The Morgan fingerprint density at radius 3 is 2.87 bits per heavy atom. The summed E-state index contributed by atoms with van der Waals surface area (Å²) >= 11 is 0. The average Bonchev–Trinajstić information content (AvgIpc) is 2.57. The first-order valence-corrected chi connectivity index (χ1v) is 4.79. The summed E-state index contributed by atoms with van der Waals surface area (Å²) in [7, 11) is 0. The van der Waals surface area contributed by atoms with Crippen LogP contribution in [0.1, 0.15) is 6.42 Å². The van der Waals surface area contributed by atoms with Gasteiger partial charge >= 0.3 is 0 Å². The van der Waals surface area contributed by atoms with E-state index in [0.29, 0.717) is 13.0 Å². The predicted octanol–water partition coefficient (Wildman–Crippen LogP) is 1.10. The number of hydrogen-bond donors (Lipinski definition) is 2. The maximum absolute atomic E-state index is 10.7. The summed E-state index contributed by atoms with van der Waals surface area (Å²) in [5.41, 5.74) is 12.6. The minimum Gasteiger partial charge on any atom is -0.399 e. The number of hydrogen-bond acceptors (Lipinski definition) is 2. The SMILES string of the molecule is NC(=O)CCn1ccc2ccc(N)cc21. The van der Waals surface area contributed by atoms with Crippen molar-refractivity contribution in [1.82, 2.24) is 4.57 Å². The highest BCUT2D eigenvalue weighted by molar-refractivity contribution is 5.83. The Balaban J connectivity index is 2.35. The van der Waals surface area contributed by atoms with E-state index in [2.05, 4.69) is 0 Å². The number of fused-ring (bicyclic) bond motifs is 1. The van der Waals surface area contributed by atoms with Crippen molar-refractivity contribution in [3.05, 3.63) is 30.5 Å². The first kappa shape index (κ1) is 9.58. The smallest absolute Gasteiger partial charge is 0.219 e. The molecule has 4 nitrogen and oxygen atoms in total. The standard InChI is InChI=1S/C11H13N3O/c12-9-2-1-8-3-5-14(10(8)7-9)6-4-11(13)15/h1-3,5,7H,4,6,12H2,(H2,13,15). The minimum atomic E-state index is -0.291. The lowest BCUT2D eigenvalue weighted by Crippen LogP contribution is -2.13. The first-order chi connectivity index (χ1) is 7.16. The van der Waals surface area contributed by atoms with Crippen LogP contribution in [0.3, 0.4) is 0 Å². The van der Waals surface area contributed by atoms with E-state index in [1.807, 2.05) is 35.0 Å². The van der Waals surface area contributed by atoms with Crippen molar-refractivity contribution in [2.24, 2.45) is 5.73 Å². The topological polar surface area (TPSA) is 74.0 Å². The van der Waals surface area contributed by atoms with Gasteiger partial charge in [-0.1, -0.05) is 6.07 Å². The van der Waals surface area contributed by atoms with Crippen LogP contribution in [-0.2, 0) is 11.3 Å². The summed E-state index contributed by atoms with van der Waals surface area (Å²) in [6.07, 6.45) is 2.28. The third-order valence-electron chi connectivity index (χ3n) is 2.40. The van der Waals surface area contributed by atoms with Gasteiger partial charge in [0.1, 0.15) is 0 Å². The zero-order chi connectivity index (χ0) is 10.8. The molecule has 0 fully saturated rings. The molecule has 0 unspecified atom stereocenters. The zero-order valence-corrected chi connectivity index (χ0v) is 8.31. The van der Waals surface area contributed by atoms with Gasteiger partial charge in [-0.2, -0.15) is 0 Å². The fourth-order valence-electron chi connectivity index (χ4n) is 1.63. The number of nitrogens with zero attached hydrogens (tertiary/aromatic N) is 1. The maximum atomic E-state index is 10.7. The van der Waals surface area contributed by atoms with E-state index in [9.17, 15) is 4.79 Å². The van der Waals surface area contributed by atoms with Crippen molar-refractivity contribution >= 4 is 22.5 Å². The molecule has 2 aromatic rings.